The molecule has 0 bridgehead atoms. The van der Waals surface area contributed by atoms with Gasteiger partial charge in [-0.3, -0.25) is 10.1 Å². The predicted octanol–water partition coefficient (Wildman–Crippen LogP) is 3.14. The van der Waals surface area contributed by atoms with Gasteiger partial charge >= 0.3 is 5.69 Å². The average molecular weight is 292 g/mol. The molecule has 2 aromatic rings. The third-order valence-electron chi connectivity index (χ3n) is 2.67. The fraction of sp³-hybridized carbons (Fsp3) is 0.308. The van der Waals surface area contributed by atoms with Crippen LogP contribution in [-0.4, -0.2) is 23.0 Å². The van der Waals surface area contributed by atoms with Gasteiger partial charge in [0.1, 0.15) is 5.82 Å². The van der Waals surface area contributed by atoms with Crippen molar-refractivity contribution in [2.45, 2.75) is 13.3 Å². The highest BCUT2D eigenvalue weighted by molar-refractivity contribution is 7.09. The van der Waals surface area contributed by atoms with Crippen LogP contribution in [0.4, 0.5) is 17.3 Å². The van der Waals surface area contributed by atoms with Gasteiger partial charge in [0.15, 0.2) is 0 Å². The lowest BCUT2D eigenvalue weighted by molar-refractivity contribution is -0.384. The van der Waals surface area contributed by atoms with Gasteiger partial charge in [-0.05, 0) is 30.9 Å². The lowest BCUT2D eigenvalue weighted by Crippen LogP contribution is -2.09. The van der Waals surface area contributed by atoms with Crippen LogP contribution in [0.1, 0.15) is 11.8 Å². The largest absolute Gasteiger partial charge is 0.370 e. The van der Waals surface area contributed by atoms with Crippen molar-refractivity contribution < 1.29 is 4.92 Å². The highest BCUT2D eigenvalue weighted by Crippen LogP contribution is 2.24. The number of hydrogen-bond acceptors (Lipinski definition) is 6. The molecule has 7 heteroatoms. The minimum absolute atomic E-state index is 0.00201. The summed E-state index contributed by atoms with van der Waals surface area (Å²) in [5.74, 6) is 0.946. The Kier molecular flexibility index (Phi) is 4.89. The van der Waals surface area contributed by atoms with Crippen LogP contribution in [0.3, 0.4) is 0 Å². The van der Waals surface area contributed by atoms with Crippen molar-refractivity contribution in [3.05, 3.63) is 44.6 Å². The zero-order valence-corrected chi connectivity index (χ0v) is 11.9. The number of aromatic nitrogens is 1. The van der Waals surface area contributed by atoms with Gasteiger partial charge in [-0.2, -0.15) is 0 Å². The van der Waals surface area contributed by atoms with Crippen LogP contribution in [0.2, 0.25) is 0 Å². The van der Waals surface area contributed by atoms with Gasteiger partial charge in [0, 0.05) is 24.0 Å². The van der Waals surface area contributed by atoms with E-state index in [0.29, 0.717) is 18.2 Å². The molecule has 0 radical (unpaired) electrons. The molecule has 6 nitrogen and oxygen atoms in total. The van der Waals surface area contributed by atoms with E-state index in [2.05, 4.69) is 15.6 Å². The van der Waals surface area contributed by atoms with Gasteiger partial charge in [-0.1, -0.05) is 6.07 Å². The standard InChI is InChI=1S/C13H16N4O2S/c1-2-14-12-6-5-11(17(18)19)13(16-12)15-8-7-10-4-3-9-20-10/h3-6,9H,2,7-8H2,1H3,(H2,14,15,16). The van der Waals surface area contributed by atoms with E-state index in [4.69, 9.17) is 0 Å². The van der Waals surface area contributed by atoms with Crippen molar-refractivity contribution in [1.82, 2.24) is 4.98 Å². The molecular formula is C13H16N4O2S. The molecule has 0 amide bonds. The Morgan fingerprint density at radius 1 is 1.35 bits per heavy atom. The van der Waals surface area contributed by atoms with E-state index in [0.717, 1.165) is 13.0 Å². The van der Waals surface area contributed by atoms with Crippen molar-refractivity contribution in [1.29, 1.82) is 0 Å². The normalized spacial score (nSPS) is 10.2. The summed E-state index contributed by atoms with van der Waals surface area (Å²) in [5, 5.41) is 19.1. The molecular weight excluding hydrogens is 276 g/mol. The summed E-state index contributed by atoms with van der Waals surface area (Å²) < 4.78 is 0. The number of pyridine rings is 1. The fourth-order valence-electron chi connectivity index (χ4n) is 1.77. The molecule has 0 aliphatic rings. The van der Waals surface area contributed by atoms with Crippen LogP contribution in [0, 0.1) is 10.1 Å². The van der Waals surface area contributed by atoms with E-state index < -0.39 is 4.92 Å². The first kappa shape index (κ1) is 14.3. The number of rotatable bonds is 7. The molecule has 0 atom stereocenters. The lowest BCUT2D eigenvalue weighted by Gasteiger charge is -2.08. The molecule has 0 aliphatic carbocycles. The molecule has 20 heavy (non-hydrogen) atoms. The minimum atomic E-state index is -0.420. The summed E-state index contributed by atoms with van der Waals surface area (Å²) >= 11 is 1.67. The molecule has 0 saturated carbocycles. The van der Waals surface area contributed by atoms with Gasteiger partial charge in [0.2, 0.25) is 5.82 Å². The van der Waals surface area contributed by atoms with Gasteiger partial charge in [-0.15, -0.1) is 11.3 Å². The number of nitro groups is 1. The first-order chi connectivity index (χ1) is 9.70. The topological polar surface area (TPSA) is 80.1 Å². The second kappa shape index (κ2) is 6.85. The van der Waals surface area contributed by atoms with Crippen molar-refractivity contribution in [3.8, 4) is 0 Å². The zero-order chi connectivity index (χ0) is 14.4. The Hall–Kier alpha value is -2.15. The number of thiophene rings is 1. The third kappa shape index (κ3) is 3.67. The van der Waals surface area contributed by atoms with Crippen molar-refractivity contribution in [3.63, 3.8) is 0 Å². The molecule has 2 heterocycles. The summed E-state index contributed by atoms with van der Waals surface area (Å²) in [6, 6.07) is 7.13. The molecule has 0 unspecified atom stereocenters. The van der Waals surface area contributed by atoms with E-state index in [9.17, 15) is 10.1 Å². The summed E-state index contributed by atoms with van der Waals surface area (Å²) in [5.41, 5.74) is -0.00201. The first-order valence-electron chi connectivity index (χ1n) is 6.36. The van der Waals surface area contributed by atoms with Gasteiger partial charge in [0.25, 0.3) is 0 Å². The molecule has 0 aromatic carbocycles. The molecule has 0 saturated heterocycles. The van der Waals surface area contributed by atoms with E-state index in [1.165, 1.54) is 10.9 Å². The monoisotopic (exact) mass is 292 g/mol. The molecule has 2 rings (SSSR count). The molecule has 2 aromatic heterocycles. The van der Waals surface area contributed by atoms with Crippen LogP contribution in [-0.2, 0) is 6.42 Å². The summed E-state index contributed by atoms with van der Waals surface area (Å²) in [4.78, 5) is 16.1. The maximum Gasteiger partial charge on any atom is 0.311 e. The lowest BCUT2D eigenvalue weighted by atomic mass is 10.3. The fourth-order valence-corrected chi connectivity index (χ4v) is 2.48. The van der Waals surface area contributed by atoms with Gasteiger partial charge in [0.05, 0.1) is 4.92 Å². The minimum Gasteiger partial charge on any atom is -0.370 e. The molecule has 2 N–H and O–H groups in total. The molecule has 0 spiro atoms. The van der Waals surface area contributed by atoms with Crippen LogP contribution in [0.15, 0.2) is 29.6 Å². The van der Waals surface area contributed by atoms with E-state index in [1.54, 1.807) is 17.4 Å². The summed E-state index contributed by atoms with van der Waals surface area (Å²) in [6.07, 6.45) is 0.821. The summed E-state index contributed by atoms with van der Waals surface area (Å²) in [7, 11) is 0. The van der Waals surface area contributed by atoms with Crippen molar-refractivity contribution in [2.24, 2.45) is 0 Å². The van der Waals surface area contributed by atoms with Gasteiger partial charge < -0.3 is 10.6 Å². The number of nitrogens with zero attached hydrogens (tertiary/aromatic N) is 2. The maximum absolute atomic E-state index is 11.0. The number of anilines is 2. The Bertz CT molecular complexity index is 572. The Labute approximate surface area is 121 Å². The second-order valence-corrected chi connectivity index (χ2v) is 5.14. The van der Waals surface area contributed by atoms with E-state index in [1.807, 2.05) is 24.4 Å². The van der Waals surface area contributed by atoms with Crippen LogP contribution in [0.5, 0.6) is 0 Å². The SMILES string of the molecule is CCNc1ccc([N+](=O)[O-])c(NCCc2cccs2)n1. The van der Waals surface area contributed by atoms with Crippen molar-refractivity contribution >= 4 is 28.7 Å². The van der Waals surface area contributed by atoms with Crippen molar-refractivity contribution in [2.75, 3.05) is 23.7 Å². The number of nitrogens with one attached hydrogen (secondary N) is 2. The quantitative estimate of drug-likeness (QED) is 0.605. The van der Waals surface area contributed by atoms with Crippen LogP contribution >= 0.6 is 11.3 Å². The maximum atomic E-state index is 11.0. The molecule has 0 fully saturated rings. The highest BCUT2D eigenvalue weighted by atomic mass is 32.1. The molecule has 0 aliphatic heterocycles. The molecule has 106 valence electrons. The van der Waals surface area contributed by atoms with E-state index in [-0.39, 0.29) is 5.69 Å². The Morgan fingerprint density at radius 3 is 2.85 bits per heavy atom. The Morgan fingerprint density at radius 2 is 2.20 bits per heavy atom. The zero-order valence-electron chi connectivity index (χ0n) is 11.1. The number of hydrogen-bond donors (Lipinski definition) is 2. The average Bonchev–Trinajstić information content (AvgIpc) is 2.92. The third-order valence-corrected chi connectivity index (χ3v) is 3.61. The smallest absolute Gasteiger partial charge is 0.311 e. The second-order valence-electron chi connectivity index (χ2n) is 4.11. The van der Waals surface area contributed by atoms with E-state index >= 15 is 0 Å². The highest BCUT2D eigenvalue weighted by Gasteiger charge is 2.15. The summed E-state index contributed by atoms with van der Waals surface area (Å²) in [6.45, 7) is 3.29. The predicted molar refractivity (Wildman–Crippen MR) is 81.6 cm³/mol. The van der Waals surface area contributed by atoms with Crippen LogP contribution < -0.4 is 10.6 Å². The first-order valence-corrected chi connectivity index (χ1v) is 7.24. The van der Waals surface area contributed by atoms with Crippen LogP contribution in [0.25, 0.3) is 0 Å². The Balaban J connectivity index is 2.06. The van der Waals surface area contributed by atoms with Gasteiger partial charge in [-0.25, -0.2) is 4.98 Å².